The van der Waals surface area contributed by atoms with Gasteiger partial charge >= 0.3 is 17.9 Å². The number of fused-ring (bicyclic) bond motifs is 1. The predicted octanol–water partition coefficient (Wildman–Crippen LogP) is 2.91. The Morgan fingerprint density at radius 3 is 1.97 bits per heavy atom. The lowest BCUT2D eigenvalue weighted by Gasteiger charge is -2.35. The normalized spacial score (nSPS) is 14.9. The van der Waals surface area contributed by atoms with Crippen molar-refractivity contribution < 1.29 is 49.1 Å². The molecule has 0 saturated heterocycles. The van der Waals surface area contributed by atoms with E-state index in [1.807, 2.05) is 12.1 Å². The molecule has 0 aromatic heterocycles. The molecule has 0 amide bonds. The van der Waals surface area contributed by atoms with Gasteiger partial charge in [-0.2, -0.15) is 0 Å². The fraction of sp³-hybridized carbons (Fsp3) is 0.385. The second-order valence-corrected chi connectivity index (χ2v) is 9.20. The second-order valence-electron chi connectivity index (χ2n) is 8.76. The van der Waals surface area contributed by atoms with Gasteiger partial charge in [-0.3, -0.25) is 19.3 Å². The molecule has 1 aliphatic heterocycles. The molecular weight excluding hydrogens is 522 g/mol. The summed E-state index contributed by atoms with van der Waals surface area (Å²) in [5.74, 6) is -3.49. The number of likely N-dealkylation sites (N-methyl/N-ethyl adjacent to an activating group) is 1. The average Bonchev–Trinajstić information content (AvgIpc) is 2.84. The Morgan fingerprint density at radius 1 is 0.974 bits per heavy atom. The summed E-state index contributed by atoms with van der Waals surface area (Å²) in [5.41, 5.74) is 0.293. The molecular formula is C26H30ClNO10. The number of ether oxygens (including phenoxy) is 2. The van der Waals surface area contributed by atoms with Crippen molar-refractivity contribution >= 4 is 35.3 Å². The minimum atomic E-state index is -2.74. The summed E-state index contributed by atoms with van der Waals surface area (Å²) in [6, 6.07) is 11.1. The molecule has 1 unspecified atom stereocenters. The summed E-state index contributed by atoms with van der Waals surface area (Å²) < 4.78 is 10.9. The Bertz CT molecular complexity index is 1170. The van der Waals surface area contributed by atoms with Crippen LogP contribution in [0.3, 0.4) is 0 Å². The van der Waals surface area contributed by atoms with Crippen molar-refractivity contribution in [3.63, 3.8) is 0 Å². The quantitative estimate of drug-likeness (QED) is 0.320. The average molecular weight is 552 g/mol. The van der Waals surface area contributed by atoms with Crippen molar-refractivity contribution in [2.24, 2.45) is 0 Å². The lowest BCUT2D eigenvalue weighted by atomic mass is 9.88. The van der Waals surface area contributed by atoms with Gasteiger partial charge in [0.1, 0.15) is 0 Å². The molecule has 206 valence electrons. The monoisotopic (exact) mass is 551 g/mol. The van der Waals surface area contributed by atoms with Crippen LogP contribution >= 0.6 is 11.6 Å². The van der Waals surface area contributed by atoms with E-state index in [0.29, 0.717) is 22.8 Å². The molecule has 2 aromatic carbocycles. The number of benzene rings is 2. The molecule has 2 aromatic rings. The van der Waals surface area contributed by atoms with Crippen LogP contribution in [-0.4, -0.2) is 82.4 Å². The van der Waals surface area contributed by atoms with E-state index in [1.165, 1.54) is 5.56 Å². The standard InChI is InChI=1S/C20H22ClNO3.C6H8O7/c1-22-9-8-14-10-19(24-2)20(25-3)11-16(14)17(22)12-18(23)13-4-6-15(21)7-5-13;7-3(8)1-6(13,5(11)12)2-4(9)10/h4-7,10-11,17H,8-9,12H2,1-3H3;13H,1-2H2,(H,7,8)(H,9,10)(H,11,12). The number of carboxylic acid groups (broad SMARTS) is 3. The van der Waals surface area contributed by atoms with E-state index >= 15 is 0 Å². The number of halogens is 1. The number of aliphatic hydroxyl groups is 1. The lowest BCUT2D eigenvalue weighted by Crippen LogP contribution is -2.42. The smallest absolute Gasteiger partial charge is 0.336 e. The summed E-state index contributed by atoms with van der Waals surface area (Å²) in [4.78, 5) is 45.4. The molecule has 4 N–H and O–H groups in total. The first-order valence-electron chi connectivity index (χ1n) is 11.4. The molecule has 38 heavy (non-hydrogen) atoms. The highest BCUT2D eigenvalue weighted by Crippen LogP contribution is 2.39. The number of carbonyl (C=O) groups is 4. The van der Waals surface area contributed by atoms with Crippen molar-refractivity contribution in [2.75, 3.05) is 27.8 Å². The number of hydrogen-bond acceptors (Lipinski definition) is 8. The molecule has 0 bridgehead atoms. The Kier molecular flexibility index (Phi) is 10.6. The molecule has 12 heteroatoms. The minimum absolute atomic E-state index is 0.0201. The number of rotatable bonds is 10. The van der Waals surface area contributed by atoms with Crippen LogP contribution in [0.2, 0.25) is 5.02 Å². The van der Waals surface area contributed by atoms with Crippen LogP contribution in [0.1, 0.15) is 46.8 Å². The molecule has 0 spiro atoms. The fourth-order valence-corrected chi connectivity index (χ4v) is 4.19. The third-order valence-corrected chi connectivity index (χ3v) is 6.35. The molecule has 0 fully saturated rings. The van der Waals surface area contributed by atoms with Gasteiger partial charge in [-0.25, -0.2) is 4.79 Å². The van der Waals surface area contributed by atoms with Crippen molar-refractivity contribution in [2.45, 2.75) is 37.3 Å². The third kappa shape index (κ3) is 7.91. The summed E-state index contributed by atoms with van der Waals surface area (Å²) in [6.07, 6.45) is -0.943. The maximum absolute atomic E-state index is 12.7. The van der Waals surface area contributed by atoms with Crippen molar-refractivity contribution in [3.8, 4) is 11.5 Å². The number of ketones is 1. The van der Waals surface area contributed by atoms with E-state index in [9.17, 15) is 19.2 Å². The first-order chi connectivity index (χ1) is 17.8. The van der Waals surface area contributed by atoms with Crippen LogP contribution in [0.15, 0.2) is 36.4 Å². The first kappa shape index (κ1) is 30.6. The molecule has 1 aliphatic rings. The minimum Gasteiger partial charge on any atom is -0.493 e. The number of aliphatic carboxylic acids is 3. The third-order valence-electron chi connectivity index (χ3n) is 6.10. The molecule has 0 radical (unpaired) electrons. The van der Waals surface area contributed by atoms with Crippen LogP contribution in [0.4, 0.5) is 0 Å². The summed E-state index contributed by atoms with van der Waals surface area (Å²) in [5, 5.41) is 34.4. The SMILES string of the molecule is COc1cc2c(cc1OC)C(CC(=O)c1ccc(Cl)cc1)N(C)CC2.O=C(O)CC(O)(CC(=O)O)C(=O)O. The zero-order valence-corrected chi connectivity index (χ0v) is 21.9. The number of Topliss-reactive ketones (excluding diaryl/α,β-unsaturated/α-hetero) is 1. The van der Waals surface area contributed by atoms with Gasteiger partial charge in [-0.05, 0) is 61.0 Å². The lowest BCUT2D eigenvalue weighted by molar-refractivity contribution is -0.170. The summed E-state index contributed by atoms with van der Waals surface area (Å²) >= 11 is 5.92. The van der Waals surface area contributed by atoms with Crippen molar-refractivity contribution in [3.05, 3.63) is 58.1 Å². The Labute approximate surface area is 224 Å². The van der Waals surface area contributed by atoms with Crippen molar-refractivity contribution in [1.29, 1.82) is 0 Å². The number of methoxy groups -OCH3 is 2. The highest BCUT2D eigenvalue weighted by atomic mass is 35.5. The molecule has 1 heterocycles. The maximum atomic E-state index is 12.7. The number of carbonyl (C=O) groups excluding carboxylic acids is 1. The first-order valence-corrected chi connectivity index (χ1v) is 11.8. The number of hydrogen-bond donors (Lipinski definition) is 4. The van der Waals surface area contributed by atoms with Gasteiger partial charge in [0.05, 0.1) is 27.1 Å². The van der Waals surface area contributed by atoms with E-state index in [4.69, 9.17) is 41.5 Å². The van der Waals surface area contributed by atoms with E-state index < -0.39 is 36.4 Å². The maximum Gasteiger partial charge on any atom is 0.336 e. The molecule has 1 atom stereocenters. The van der Waals surface area contributed by atoms with E-state index in [-0.39, 0.29) is 11.8 Å². The highest BCUT2D eigenvalue weighted by Gasteiger charge is 2.40. The Morgan fingerprint density at radius 2 is 1.50 bits per heavy atom. The zero-order chi connectivity index (χ0) is 28.6. The largest absolute Gasteiger partial charge is 0.493 e. The van der Waals surface area contributed by atoms with Gasteiger partial charge in [0.2, 0.25) is 0 Å². The van der Waals surface area contributed by atoms with Crippen molar-refractivity contribution in [1.82, 2.24) is 4.90 Å². The Balaban J connectivity index is 0.000000332. The molecule has 3 rings (SSSR count). The van der Waals surface area contributed by atoms with Crippen LogP contribution < -0.4 is 9.47 Å². The molecule has 0 saturated carbocycles. The van der Waals surface area contributed by atoms with Gasteiger partial charge in [-0.15, -0.1) is 0 Å². The van der Waals surface area contributed by atoms with Gasteiger partial charge in [0.15, 0.2) is 22.9 Å². The summed E-state index contributed by atoms with van der Waals surface area (Å²) in [7, 11) is 5.32. The van der Waals surface area contributed by atoms with Crippen LogP contribution in [0, 0.1) is 0 Å². The fourth-order valence-electron chi connectivity index (χ4n) is 4.06. The topological polar surface area (TPSA) is 171 Å². The zero-order valence-electron chi connectivity index (χ0n) is 21.1. The van der Waals surface area contributed by atoms with Gasteiger partial charge in [0, 0.05) is 29.6 Å². The molecule has 0 aliphatic carbocycles. The van der Waals surface area contributed by atoms with Crippen LogP contribution in [0.5, 0.6) is 11.5 Å². The van der Waals surface area contributed by atoms with Gasteiger partial charge < -0.3 is 29.9 Å². The predicted molar refractivity (Wildman–Crippen MR) is 136 cm³/mol. The molecule has 11 nitrogen and oxygen atoms in total. The van der Waals surface area contributed by atoms with E-state index in [1.54, 1.807) is 38.5 Å². The highest BCUT2D eigenvalue weighted by molar-refractivity contribution is 6.30. The second kappa shape index (κ2) is 13.2. The van der Waals surface area contributed by atoms with Crippen LogP contribution in [-0.2, 0) is 20.8 Å². The number of carboxylic acids is 3. The van der Waals surface area contributed by atoms with Gasteiger partial charge in [-0.1, -0.05) is 11.6 Å². The Hall–Kier alpha value is -3.67. The summed E-state index contributed by atoms with van der Waals surface area (Å²) in [6.45, 7) is 0.904. The van der Waals surface area contributed by atoms with E-state index in [2.05, 4.69) is 11.9 Å². The van der Waals surface area contributed by atoms with E-state index in [0.717, 1.165) is 24.3 Å². The number of nitrogens with zero attached hydrogens (tertiary/aromatic N) is 1. The van der Waals surface area contributed by atoms with Gasteiger partial charge in [0.25, 0.3) is 0 Å². The van der Waals surface area contributed by atoms with Crippen LogP contribution in [0.25, 0.3) is 0 Å².